The van der Waals surface area contributed by atoms with Gasteiger partial charge in [0.25, 0.3) is 0 Å². The maximum Gasteiger partial charge on any atom is 0.460 e. The fourth-order valence-corrected chi connectivity index (χ4v) is 1.03. The summed E-state index contributed by atoms with van der Waals surface area (Å²) < 4.78 is 118. The molecule has 4 nitrogen and oxygen atoms in total. The predicted molar refractivity (Wildman–Crippen MR) is 53.4 cm³/mol. The summed E-state index contributed by atoms with van der Waals surface area (Å²) in [5.41, 5.74) is 0. The van der Waals surface area contributed by atoms with Crippen molar-refractivity contribution in [3.63, 3.8) is 0 Å². The number of epoxide rings is 2. The summed E-state index contributed by atoms with van der Waals surface area (Å²) in [7, 11) is 0. The van der Waals surface area contributed by atoms with E-state index >= 15 is 0 Å². The van der Waals surface area contributed by atoms with Crippen LogP contribution in [0.4, 0.5) is 39.5 Å². The zero-order valence-corrected chi connectivity index (χ0v) is 11.1. The van der Waals surface area contributed by atoms with Crippen LogP contribution in [0, 0.1) is 0 Å². The van der Waals surface area contributed by atoms with E-state index in [2.05, 4.69) is 0 Å². The number of alkyl halides is 9. The largest absolute Gasteiger partial charge is 0.460 e. The summed E-state index contributed by atoms with van der Waals surface area (Å²) in [5, 5.41) is 7.18. The average molecular weight is 366 g/mol. The molecule has 23 heavy (non-hydrogen) atoms. The minimum absolute atomic E-state index is 0.392. The SMILES string of the molecule is C(OCC1CO1)C1CO1.OC(F)(F)C(F)(F)C(F)(F)C(F)(F)F. The molecule has 13 heteroatoms. The molecule has 0 bridgehead atoms. The Morgan fingerprint density at radius 2 is 1.13 bits per heavy atom. The van der Waals surface area contributed by atoms with Crippen LogP contribution < -0.4 is 0 Å². The van der Waals surface area contributed by atoms with Gasteiger partial charge in [-0.25, -0.2) is 0 Å². The van der Waals surface area contributed by atoms with E-state index in [1.807, 2.05) is 0 Å². The normalized spacial score (nSPS) is 24.8. The molecule has 0 amide bonds. The lowest BCUT2D eigenvalue weighted by molar-refractivity contribution is -0.435. The highest BCUT2D eigenvalue weighted by Gasteiger charge is 2.82. The van der Waals surface area contributed by atoms with Gasteiger partial charge in [-0.2, -0.15) is 39.5 Å². The summed E-state index contributed by atoms with van der Waals surface area (Å²) in [6, 6.07) is 0. The molecule has 1 N–H and O–H groups in total. The van der Waals surface area contributed by atoms with Crippen molar-refractivity contribution in [2.24, 2.45) is 0 Å². The van der Waals surface area contributed by atoms with E-state index in [0.717, 1.165) is 26.4 Å². The Morgan fingerprint density at radius 1 is 0.783 bits per heavy atom. The van der Waals surface area contributed by atoms with E-state index in [4.69, 9.17) is 19.3 Å². The van der Waals surface area contributed by atoms with Crippen LogP contribution in [-0.4, -0.2) is 67.9 Å². The molecule has 0 aliphatic carbocycles. The van der Waals surface area contributed by atoms with Crippen molar-refractivity contribution in [1.29, 1.82) is 0 Å². The first kappa shape index (κ1) is 20.3. The quantitative estimate of drug-likeness (QED) is 0.579. The molecule has 0 radical (unpaired) electrons. The average Bonchev–Trinajstić information content (AvgIpc) is 3.21. The second-order valence-corrected chi connectivity index (χ2v) is 4.64. The van der Waals surface area contributed by atoms with E-state index < -0.39 is 24.1 Å². The summed E-state index contributed by atoms with van der Waals surface area (Å²) in [6.45, 7) is 3.26. The molecule has 2 atom stereocenters. The first-order valence-corrected chi connectivity index (χ1v) is 5.93. The van der Waals surface area contributed by atoms with E-state index in [-0.39, 0.29) is 0 Å². The smallest absolute Gasteiger partial charge is 0.376 e. The monoisotopic (exact) mass is 366 g/mol. The van der Waals surface area contributed by atoms with Gasteiger partial charge in [-0.1, -0.05) is 0 Å². The number of rotatable bonds is 6. The Labute approximate surface area is 123 Å². The molecular formula is C10H11F9O4. The number of hydrogen-bond acceptors (Lipinski definition) is 4. The summed E-state index contributed by atoms with van der Waals surface area (Å²) in [6.07, 6.45) is -12.6. The highest BCUT2D eigenvalue weighted by Crippen LogP contribution is 2.51. The molecule has 2 fully saturated rings. The highest BCUT2D eigenvalue weighted by molar-refractivity contribution is 4.95. The fraction of sp³-hybridized carbons (Fsp3) is 1.00. The standard InChI is InChI=1S/C6H10O3.C4HF9O/c1(5-3-8-5)7-2-6-4-9-6;5-1(6,3(9,10)11)2(7,8)4(12,13)14/h5-6H,1-4H2;14H. The van der Waals surface area contributed by atoms with Crippen molar-refractivity contribution in [1.82, 2.24) is 0 Å². The van der Waals surface area contributed by atoms with E-state index in [9.17, 15) is 39.5 Å². The van der Waals surface area contributed by atoms with Gasteiger partial charge in [0.05, 0.1) is 26.4 Å². The van der Waals surface area contributed by atoms with Gasteiger partial charge in [0.15, 0.2) is 0 Å². The maximum atomic E-state index is 11.7. The van der Waals surface area contributed by atoms with Crippen molar-refractivity contribution in [3.05, 3.63) is 0 Å². The van der Waals surface area contributed by atoms with Crippen LogP contribution in [-0.2, 0) is 14.2 Å². The van der Waals surface area contributed by atoms with Crippen molar-refractivity contribution >= 4 is 0 Å². The lowest BCUT2D eigenvalue weighted by Crippen LogP contribution is -2.60. The molecule has 138 valence electrons. The molecule has 0 aromatic rings. The zero-order chi connectivity index (χ0) is 18.1. The predicted octanol–water partition coefficient (Wildman–Crippen LogP) is 2.21. The van der Waals surface area contributed by atoms with E-state index in [0.29, 0.717) is 12.2 Å². The summed E-state index contributed by atoms with van der Waals surface area (Å²) >= 11 is 0. The minimum atomic E-state index is -7.02. The molecule has 0 aromatic carbocycles. The second kappa shape index (κ2) is 6.61. The third-order valence-corrected chi connectivity index (χ3v) is 2.54. The van der Waals surface area contributed by atoms with Crippen molar-refractivity contribution in [3.8, 4) is 0 Å². The van der Waals surface area contributed by atoms with Crippen LogP contribution in [0.5, 0.6) is 0 Å². The Bertz CT molecular complexity index is 349. The molecule has 2 saturated heterocycles. The molecule has 0 saturated carbocycles. The van der Waals surface area contributed by atoms with E-state index in [1.165, 1.54) is 0 Å². The van der Waals surface area contributed by atoms with Gasteiger partial charge in [0.2, 0.25) is 0 Å². The number of ether oxygens (including phenoxy) is 3. The number of aliphatic hydroxyl groups is 1. The van der Waals surface area contributed by atoms with Crippen LogP contribution >= 0.6 is 0 Å². The first-order valence-electron chi connectivity index (χ1n) is 5.93. The topological polar surface area (TPSA) is 54.5 Å². The number of halogens is 9. The van der Waals surface area contributed by atoms with Crippen molar-refractivity contribution < 1.29 is 58.8 Å². The molecule has 0 spiro atoms. The Kier molecular flexibility index (Phi) is 5.82. The molecule has 2 aliphatic heterocycles. The Morgan fingerprint density at radius 3 is 1.30 bits per heavy atom. The third kappa shape index (κ3) is 5.36. The zero-order valence-electron chi connectivity index (χ0n) is 11.1. The Balaban J connectivity index is 0.000000248. The van der Waals surface area contributed by atoms with Gasteiger partial charge in [-0.3, -0.25) is 0 Å². The fourth-order valence-electron chi connectivity index (χ4n) is 1.03. The molecule has 2 heterocycles. The van der Waals surface area contributed by atoms with E-state index in [1.54, 1.807) is 0 Å². The lowest BCUT2D eigenvalue weighted by Gasteiger charge is -2.30. The van der Waals surface area contributed by atoms with Gasteiger partial charge >= 0.3 is 24.1 Å². The second-order valence-electron chi connectivity index (χ2n) is 4.64. The maximum absolute atomic E-state index is 11.7. The summed E-state index contributed by atoms with van der Waals surface area (Å²) in [5.74, 6) is -13.9. The van der Waals surface area contributed by atoms with Crippen LogP contribution in [0.25, 0.3) is 0 Å². The molecular weight excluding hydrogens is 355 g/mol. The molecule has 0 aromatic heterocycles. The lowest BCUT2D eigenvalue weighted by atomic mass is 10.1. The van der Waals surface area contributed by atoms with Crippen molar-refractivity contribution in [2.75, 3.05) is 26.4 Å². The number of hydrogen-bond donors (Lipinski definition) is 1. The molecule has 2 aliphatic rings. The van der Waals surface area contributed by atoms with Gasteiger partial charge < -0.3 is 19.3 Å². The summed E-state index contributed by atoms with van der Waals surface area (Å²) in [4.78, 5) is 0. The van der Waals surface area contributed by atoms with Crippen LogP contribution in [0.3, 0.4) is 0 Å². The van der Waals surface area contributed by atoms with Gasteiger partial charge in [0.1, 0.15) is 12.2 Å². The van der Waals surface area contributed by atoms with Crippen molar-refractivity contribution in [2.45, 2.75) is 36.3 Å². The highest BCUT2D eigenvalue weighted by atomic mass is 19.4. The molecule has 2 unspecified atom stereocenters. The van der Waals surface area contributed by atoms with Crippen LogP contribution in [0.15, 0.2) is 0 Å². The first-order chi connectivity index (χ1) is 10.2. The van der Waals surface area contributed by atoms with Crippen LogP contribution in [0.2, 0.25) is 0 Å². The Hall–Kier alpha value is -0.790. The third-order valence-electron chi connectivity index (χ3n) is 2.54. The minimum Gasteiger partial charge on any atom is -0.376 e. The van der Waals surface area contributed by atoms with Gasteiger partial charge in [0, 0.05) is 0 Å². The molecule has 2 rings (SSSR count). The van der Waals surface area contributed by atoms with Gasteiger partial charge in [-0.05, 0) is 0 Å². The van der Waals surface area contributed by atoms with Crippen LogP contribution in [0.1, 0.15) is 0 Å². The van der Waals surface area contributed by atoms with Gasteiger partial charge in [-0.15, -0.1) is 0 Å².